The van der Waals surface area contributed by atoms with Gasteiger partial charge in [-0.05, 0) is 68.7 Å². The van der Waals surface area contributed by atoms with Gasteiger partial charge in [-0.2, -0.15) is 0 Å². The highest BCUT2D eigenvalue weighted by molar-refractivity contribution is 5.85. The second-order valence-electron chi connectivity index (χ2n) is 7.02. The van der Waals surface area contributed by atoms with Gasteiger partial charge in [0.15, 0.2) is 0 Å². The van der Waals surface area contributed by atoms with Crippen LogP contribution in [0.25, 0.3) is 0 Å². The van der Waals surface area contributed by atoms with Crippen LogP contribution in [0.2, 0.25) is 0 Å². The number of rotatable bonds is 5. The highest BCUT2D eigenvalue weighted by Crippen LogP contribution is 2.24. The summed E-state index contributed by atoms with van der Waals surface area (Å²) >= 11 is 0. The maximum Gasteiger partial charge on any atom is 0.222 e. The fourth-order valence-electron chi connectivity index (χ4n) is 3.81. The Morgan fingerprint density at radius 2 is 1.92 bits per heavy atom. The molecule has 0 spiro atoms. The molecular weight excluding hydrogens is 327 g/mol. The third-order valence-electron chi connectivity index (χ3n) is 5.36. The quantitative estimate of drug-likeness (QED) is 0.878. The van der Waals surface area contributed by atoms with E-state index in [9.17, 15) is 9.18 Å². The van der Waals surface area contributed by atoms with E-state index in [0.717, 1.165) is 57.4 Å². The summed E-state index contributed by atoms with van der Waals surface area (Å²) in [6.07, 6.45) is 5.68. The maximum atomic E-state index is 13.7. The number of benzene rings is 1. The van der Waals surface area contributed by atoms with Crippen LogP contribution in [0.1, 0.15) is 37.7 Å². The van der Waals surface area contributed by atoms with E-state index in [4.69, 9.17) is 0 Å². The molecule has 5 heteroatoms. The lowest BCUT2D eigenvalue weighted by Gasteiger charge is -2.32. The topological polar surface area (TPSA) is 32.3 Å². The van der Waals surface area contributed by atoms with Gasteiger partial charge in [-0.25, -0.2) is 4.39 Å². The van der Waals surface area contributed by atoms with E-state index in [1.165, 1.54) is 12.5 Å². The molecule has 0 aromatic heterocycles. The first-order chi connectivity index (χ1) is 11.2. The number of halogens is 2. The molecule has 0 saturated carbocycles. The van der Waals surface area contributed by atoms with Crippen molar-refractivity contribution in [3.63, 3.8) is 0 Å². The Labute approximate surface area is 150 Å². The summed E-state index contributed by atoms with van der Waals surface area (Å²) in [5, 5.41) is 3.35. The fraction of sp³-hybridized carbons (Fsp3) is 0.632. The highest BCUT2D eigenvalue weighted by atomic mass is 35.5. The summed E-state index contributed by atoms with van der Waals surface area (Å²) in [6, 6.07) is 7.04. The number of likely N-dealkylation sites (tertiary alicyclic amines) is 1. The molecule has 1 aromatic carbocycles. The molecule has 2 aliphatic rings. The minimum Gasteiger partial charge on any atom is -0.343 e. The number of hydrogen-bond donors (Lipinski definition) is 1. The summed E-state index contributed by atoms with van der Waals surface area (Å²) in [7, 11) is 0. The summed E-state index contributed by atoms with van der Waals surface area (Å²) in [5.74, 6) is 1.38. The lowest BCUT2D eigenvalue weighted by atomic mass is 9.89. The van der Waals surface area contributed by atoms with Crippen LogP contribution in [0, 0.1) is 17.7 Å². The number of nitrogens with zero attached hydrogens (tertiary/aromatic N) is 1. The van der Waals surface area contributed by atoms with Crippen molar-refractivity contribution in [2.45, 2.75) is 38.5 Å². The Hall–Kier alpha value is -1.13. The molecule has 1 aromatic rings. The number of hydrogen-bond acceptors (Lipinski definition) is 2. The summed E-state index contributed by atoms with van der Waals surface area (Å²) in [4.78, 5) is 14.3. The zero-order valence-electron chi connectivity index (χ0n) is 14.2. The smallest absolute Gasteiger partial charge is 0.222 e. The first kappa shape index (κ1) is 19.2. The number of carbonyl (C=O) groups is 1. The third kappa shape index (κ3) is 5.18. The molecule has 1 atom stereocenters. The number of piperidine rings is 1. The van der Waals surface area contributed by atoms with Gasteiger partial charge in [-0.1, -0.05) is 18.2 Å². The average Bonchev–Trinajstić information content (AvgIpc) is 3.09. The lowest BCUT2D eigenvalue weighted by Crippen LogP contribution is -2.39. The van der Waals surface area contributed by atoms with E-state index in [-0.39, 0.29) is 18.2 Å². The monoisotopic (exact) mass is 354 g/mol. The van der Waals surface area contributed by atoms with Crippen molar-refractivity contribution in [2.75, 3.05) is 26.2 Å². The standard InChI is InChI=1S/C19H27FN2O.ClH/c20-18-4-2-1-3-17(18)13-15-8-11-22(12-9-15)19(23)6-5-16-7-10-21-14-16;/h1-4,15-16,21H,5-14H2;1H. The molecule has 2 fully saturated rings. The predicted molar refractivity (Wildman–Crippen MR) is 96.9 cm³/mol. The van der Waals surface area contributed by atoms with E-state index in [2.05, 4.69) is 5.32 Å². The molecule has 3 rings (SSSR count). The maximum absolute atomic E-state index is 13.7. The largest absolute Gasteiger partial charge is 0.343 e. The van der Waals surface area contributed by atoms with Gasteiger partial charge in [-0.15, -0.1) is 12.4 Å². The average molecular weight is 355 g/mol. The molecule has 1 unspecified atom stereocenters. The van der Waals surface area contributed by atoms with Crippen molar-refractivity contribution >= 4 is 18.3 Å². The van der Waals surface area contributed by atoms with E-state index in [0.29, 0.717) is 24.2 Å². The first-order valence-corrected chi connectivity index (χ1v) is 8.94. The van der Waals surface area contributed by atoms with Crippen LogP contribution in [-0.4, -0.2) is 37.0 Å². The van der Waals surface area contributed by atoms with Gasteiger partial charge in [0.05, 0.1) is 0 Å². The molecule has 0 radical (unpaired) electrons. The third-order valence-corrected chi connectivity index (χ3v) is 5.36. The molecule has 2 saturated heterocycles. The van der Waals surface area contributed by atoms with Crippen molar-refractivity contribution in [1.82, 2.24) is 10.2 Å². The van der Waals surface area contributed by atoms with Gasteiger partial charge in [0.1, 0.15) is 5.82 Å². The molecule has 134 valence electrons. The Kier molecular flexibility index (Phi) is 7.50. The minimum atomic E-state index is -0.101. The Balaban J connectivity index is 0.00000208. The molecule has 1 N–H and O–H groups in total. The van der Waals surface area contributed by atoms with Crippen LogP contribution in [-0.2, 0) is 11.2 Å². The second kappa shape index (κ2) is 9.38. The Morgan fingerprint density at radius 3 is 2.58 bits per heavy atom. The summed E-state index contributed by atoms with van der Waals surface area (Å²) in [6.45, 7) is 3.83. The van der Waals surface area contributed by atoms with Crippen molar-refractivity contribution < 1.29 is 9.18 Å². The van der Waals surface area contributed by atoms with Gasteiger partial charge >= 0.3 is 0 Å². The van der Waals surface area contributed by atoms with Crippen LogP contribution in [0.5, 0.6) is 0 Å². The highest BCUT2D eigenvalue weighted by Gasteiger charge is 2.24. The van der Waals surface area contributed by atoms with Crippen molar-refractivity contribution in [1.29, 1.82) is 0 Å². The zero-order chi connectivity index (χ0) is 16.1. The summed E-state index contributed by atoms with van der Waals surface area (Å²) < 4.78 is 13.7. The molecule has 1 amide bonds. The molecule has 3 nitrogen and oxygen atoms in total. The van der Waals surface area contributed by atoms with Crippen molar-refractivity contribution in [2.24, 2.45) is 11.8 Å². The van der Waals surface area contributed by atoms with Crippen molar-refractivity contribution in [3.05, 3.63) is 35.6 Å². The molecule has 2 heterocycles. The molecule has 2 aliphatic heterocycles. The molecule has 0 bridgehead atoms. The normalized spacial score (nSPS) is 21.5. The van der Waals surface area contributed by atoms with E-state index in [1.807, 2.05) is 17.0 Å². The van der Waals surface area contributed by atoms with Gasteiger partial charge in [0.2, 0.25) is 5.91 Å². The van der Waals surface area contributed by atoms with Gasteiger partial charge in [0.25, 0.3) is 0 Å². The van der Waals surface area contributed by atoms with Crippen LogP contribution in [0.4, 0.5) is 4.39 Å². The van der Waals surface area contributed by atoms with E-state index < -0.39 is 0 Å². The molecular formula is C19H28ClFN2O. The summed E-state index contributed by atoms with van der Waals surface area (Å²) in [5.41, 5.74) is 0.811. The van der Waals surface area contributed by atoms with Gasteiger partial charge in [-0.3, -0.25) is 4.79 Å². The van der Waals surface area contributed by atoms with Crippen molar-refractivity contribution in [3.8, 4) is 0 Å². The fourth-order valence-corrected chi connectivity index (χ4v) is 3.81. The van der Waals surface area contributed by atoms with Crippen LogP contribution in [0.3, 0.4) is 0 Å². The van der Waals surface area contributed by atoms with E-state index in [1.54, 1.807) is 6.07 Å². The van der Waals surface area contributed by atoms with Gasteiger partial charge < -0.3 is 10.2 Å². The Bertz CT molecular complexity index is 526. The Morgan fingerprint density at radius 1 is 1.17 bits per heavy atom. The van der Waals surface area contributed by atoms with Crippen LogP contribution in [0.15, 0.2) is 24.3 Å². The predicted octanol–water partition coefficient (Wildman–Crippen LogP) is 3.42. The zero-order valence-corrected chi connectivity index (χ0v) is 15.0. The number of amides is 1. The first-order valence-electron chi connectivity index (χ1n) is 8.94. The van der Waals surface area contributed by atoms with Gasteiger partial charge in [0, 0.05) is 19.5 Å². The lowest BCUT2D eigenvalue weighted by molar-refractivity contribution is -0.132. The molecule has 24 heavy (non-hydrogen) atoms. The van der Waals surface area contributed by atoms with Crippen LogP contribution < -0.4 is 5.32 Å². The SMILES string of the molecule is Cl.O=C(CCC1CCNC1)N1CCC(Cc2ccccc2F)CC1. The van der Waals surface area contributed by atoms with E-state index >= 15 is 0 Å². The number of nitrogens with one attached hydrogen (secondary N) is 1. The molecule has 0 aliphatic carbocycles. The minimum absolute atomic E-state index is 0. The second-order valence-corrected chi connectivity index (χ2v) is 7.02. The van der Waals surface area contributed by atoms with Crippen LogP contribution >= 0.6 is 12.4 Å². The number of carbonyl (C=O) groups excluding carboxylic acids is 1.